The number of likely N-dealkylation sites (tertiary alicyclic amines) is 1. The highest BCUT2D eigenvalue weighted by molar-refractivity contribution is 5.07. The van der Waals surface area contributed by atoms with E-state index in [2.05, 4.69) is 43.1 Å². The van der Waals surface area contributed by atoms with Crippen LogP contribution in [0.4, 0.5) is 0 Å². The molecule has 0 aromatic carbocycles. The minimum absolute atomic E-state index is 0.687. The van der Waals surface area contributed by atoms with Gasteiger partial charge in [0.05, 0.1) is 13.1 Å². The molecule has 2 heterocycles. The van der Waals surface area contributed by atoms with Gasteiger partial charge in [-0.3, -0.25) is 4.90 Å². The summed E-state index contributed by atoms with van der Waals surface area (Å²) in [4.78, 5) is 2.52. The van der Waals surface area contributed by atoms with Crippen LogP contribution in [0.2, 0.25) is 0 Å². The largest absolute Gasteiger partial charge is 0.463 e. The number of nitrogens with zero attached hydrogens (tertiary/aromatic N) is 1. The average Bonchev–Trinajstić information content (AvgIpc) is 2.88. The Morgan fingerprint density at radius 3 is 2.78 bits per heavy atom. The van der Waals surface area contributed by atoms with Gasteiger partial charge < -0.3 is 9.73 Å². The van der Waals surface area contributed by atoms with Gasteiger partial charge >= 0.3 is 0 Å². The van der Waals surface area contributed by atoms with Crippen molar-refractivity contribution >= 4 is 0 Å². The molecule has 0 saturated carbocycles. The maximum absolute atomic E-state index is 5.87. The van der Waals surface area contributed by atoms with Crippen molar-refractivity contribution in [2.24, 2.45) is 5.92 Å². The molecule has 2 rings (SSSR count). The normalized spacial score (nSPS) is 24.8. The van der Waals surface area contributed by atoms with E-state index in [0.29, 0.717) is 6.04 Å². The van der Waals surface area contributed by atoms with Crippen LogP contribution in [0.5, 0.6) is 0 Å². The van der Waals surface area contributed by atoms with Gasteiger partial charge in [-0.05, 0) is 44.4 Å². The summed E-state index contributed by atoms with van der Waals surface area (Å²) in [5, 5.41) is 3.37. The van der Waals surface area contributed by atoms with Crippen LogP contribution in [0.25, 0.3) is 0 Å². The summed E-state index contributed by atoms with van der Waals surface area (Å²) in [6, 6.07) is 4.91. The molecule has 1 aromatic heterocycles. The molecule has 3 nitrogen and oxygen atoms in total. The Labute approximate surface area is 111 Å². The number of hydrogen-bond donors (Lipinski definition) is 1. The molecule has 1 N–H and O–H groups in total. The molecular weight excluding hydrogens is 224 g/mol. The van der Waals surface area contributed by atoms with Gasteiger partial charge in [-0.2, -0.15) is 0 Å². The van der Waals surface area contributed by atoms with Gasteiger partial charge in [0.2, 0.25) is 0 Å². The first kappa shape index (κ1) is 13.6. The van der Waals surface area contributed by atoms with Crippen LogP contribution >= 0.6 is 0 Å². The van der Waals surface area contributed by atoms with E-state index in [9.17, 15) is 0 Å². The standard InChI is InChI=1S/C15H26N2O/c1-4-7-16-9-14-5-6-15(18-14)11-17-10-12(2)8-13(17)3/h5-6,12-13,16H,4,7-11H2,1-3H3. The molecule has 1 fully saturated rings. The monoisotopic (exact) mass is 250 g/mol. The van der Waals surface area contributed by atoms with Crippen LogP contribution in [0.1, 0.15) is 45.1 Å². The summed E-state index contributed by atoms with van der Waals surface area (Å²) in [5.74, 6) is 2.98. The van der Waals surface area contributed by atoms with Crippen molar-refractivity contribution in [3.63, 3.8) is 0 Å². The zero-order chi connectivity index (χ0) is 13.0. The second-order valence-electron chi connectivity index (χ2n) is 5.66. The molecule has 0 aliphatic carbocycles. The summed E-state index contributed by atoms with van der Waals surface area (Å²) in [6.07, 6.45) is 2.47. The molecule has 102 valence electrons. The van der Waals surface area contributed by atoms with Crippen molar-refractivity contribution in [3.05, 3.63) is 23.7 Å². The Kier molecular flexibility index (Phi) is 4.84. The van der Waals surface area contributed by atoms with Crippen LogP contribution in [0, 0.1) is 5.92 Å². The molecular formula is C15H26N2O. The topological polar surface area (TPSA) is 28.4 Å². The van der Waals surface area contributed by atoms with Crippen LogP contribution < -0.4 is 5.32 Å². The molecule has 3 heteroatoms. The Bertz CT molecular complexity index is 361. The van der Waals surface area contributed by atoms with Gasteiger partial charge in [0.15, 0.2) is 0 Å². The predicted octanol–water partition coefficient (Wildman–Crippen LogP) is 3.01. The lowest BCUT2D eigenvalue weighted by Gasteiger charge is -2.19. The Balaban J connectivity index is 1.83. The fraction of sp³-hybridized carbons (Fsp3) is 0.733. The summed E-state index contributed by atoms with van der Waals surface area (Å²) < 4.78 is 5.87. The van der Waals surface area contributed by atoms with E-state index in [1.165, 1.54) is 13.0 Å². The van der Waals surface area contributed by atoms with Gasteiger partial charge in [-0.25, -0.2) is 0 Å². The van der Waals surface area contributed by atoms with E-state index < -0.39 is 0 Å². The smallest absolute Gasteiger partial charge is 0.118 e. The van der Waals surface area contributed by atoms with Crippen LogP contribution in [0.15, 0.2) is 16.5 Å². The van der Waals surface area contributed by atoms with Gasteiger partial charge in [0.1, 0.15) is 11.5 Å². The predicted molar refractivity (Wildman–Crippen MR) is 74.4 cm³/mol. The number of nitrogens with one attached hydrogen (secondary N) is 1. The minimum Gasteiger partial charge on any atom is -0.463 e. The molecule has 1 aromatic rings. The average molecular weight is 250 g/mol. The van der Waals surface area contributed by atoms with E-state index in [1.54, 1.807) is 0 Å². The minimum atomic E-state index is 0.687. The fourth-order valence-corrected chi connectivity index (χ4v) is 2.80. The molecule has 0 radical (unpaired) electrons. The van der Waals surface area contributed by atoms with Crippen molar-refractivity contribution in [1.82, 2.24) is 10.2 Å². The van der Waals surface area contributed by atoms with Gasteiger partial charge in [-0.15, -0.1) is 0 Å². The fourth-order valence-electron chi connectivity index (χ4n) is 2.80. The maximum atomic E-state index is 5.87. The zero-order valence-corrected chi connectivity index (χ0v) is 11.9. The number of furan rings is 1. The Morgan fingerprint density at radius 2 is 2.11 bits per heavy atom. The van der Waals surface area contributed by atoms with Crippen LogP contribution in [0.3, 0.4) is 0 Å². The lowest BCUT2D eigenvalue weighted by Crippen LogP contribution is -2.26. The molecule has 0 spiro atoms. The number of rotatable bonds is 6. The zero-order valence-electron chi connectivity index (χ0n) is 11.9. The quantitative estimate of drug-likeness (QED) is 0.787. The lowest BCUT2D eigenvalue weighted by molar-refractivity contribution is 0.232. The number of hydrogen-bond acceptors (Lipinski definition) is 3. The van der Waals surface area contributed by atoms with E-state index in [4.69, 9.17) is 4.42 Å². The third kappa shape index (κ3) is 3.59. The Hall–Kier alpha value is -0.800. The molecule has 1 aliphatic heterocycles. The van der Waals surface area contributed by atoms with Crippen LogP contribution in [-0.2, 0) is 13.1 Å². The van der Waals surface area contributed by atoms with E-state index in [1.807, 2.05) is 0 Å². The molecule has 18 heavy (non-hydrogen) atoms. The van der Waals surface area contributed by atoms with E-state index in [0.717, 1.165) is 43.5 Å². The highest BCUT2D eigenvalue weighted by Crippen LogP contribution is 2.24. The highest BCUT2D eigenvalue weighted by atomic mass is 16.3. The van der Waals surface area contributed by atoms with Crippen molar-refractivity contribution in [3.8, 4) is 0 Å². The molecule has 1 aliphatic rings. The van der Waals surface area contributed by atoms with E-state index >= 15 is 0 Å². The second-order valence-corrected chi connectivity index (χ2v) is 5.66. The highest BCUT2D eigenvalue weighted by Gasteiger charge is 2.26. The van der Waals surface area contributed by atoms with E-state index in [-0.39, 0.29) is 0 Å². The summed E-state index contributed by atoms with van der Waals surface area (Å²) in [7, 11) is 0. The Morgan fingerprint density at radius 1 is 1.33 bits per heavy atom. The van der Waals surface area contributed by atoms with Crippen molar-refractivity contribution in [2.75, 3.05) is 13.1 Å². The van der Waals surface area contributed by atoms with Crippen molar-refractivity contribution in [2.45, 2.75) is 52.7 Å². The van der Waals surface area contributed by atoms with Crippen molar-refractivity contribution in [1.29, 1.82) is 0 Å². The summed E-state index contributed by atoms with van der Waals surface area (Å²) >= 11 is 0. The van der Waals surface area contributed by atoms with Gasteiger partial charge in [0, 0.05) is 12.6 Å². The third-order valence-corrected chi connectivity index (χ3v) is 3.72. The first-order chi connectivity index (χ1) is 8.69. The molecule has 0 bridgehead atoms. The molecule has 2 atom stereocenters. The molecule has 2 unspecified atom stereocenters. The van der Waals surface area contributed by atoms with Crippen molar-refractivity contribution < 1.29 is 4.42 Å². The third-order valence-electron chi connectivity index (χ3n) is 3.72. The molecule has 1 saturated heterocycles. The summed E-state index contributed by atoms with van der Waals surface area (Å²) in [6.45, 7) is 10.9. The first-order valence-corrected chi connectivity index (χ1v) is 7.21. The second kappa shape index (κ2) is 6.39. The van der Waals surface area contributed by atoms with Gasteiger partial charge in [-0.1, -0.05) is 13.8 Å². The lowest BCUT2D eigenvalue weighted by atomic mass is 10.1. The van der Waals surface area contributed by atoms with Crippen LogP contribution in [-0.4, -0.2) is 24.0 Å². The first-order valence-electron chi connectivity index (χ1n) is 7.21. The maximum Gasteiger partial charge on any atom is 0.118 e. The van der Waals surface area contributed by atoms with Gasteiger partial charge in [0.25, 0.3) is 0 Å². The SMILES string of the molecule is CCCNCc1ccc(CN2CC(C)CC2C)o1. The molecule has 0 amide bonds. The summed E-state index contributed by atoms with van der Waals surface area (Å²) in [5.41, 5.74) is 0.